The molecule has 1 aliphatic heterocycles. The third kappa shape index (κ3) is 3.55. The Morgan fingerprint density at radius 3 is 2.57 bits per heavy atom. The van der Waals surface area contributed by atoms with Gasteiger partial charge in [-0.05, 0) is 43.7 Å². The maximum absolute atomic E-state index is 12.7. The summed E-state index contributed by atoms with van der Waals surface area (Å²) in [6, 6.07) is 14.9. The van der Waals surface area contributed by atoms with Crippen LogP contribution in [0.15, 0.2) is 52.9 Å². The molecule has 1 aliphatic rings. The minimum Gasteiger partial charge on any atom is -0.486 e. The van der Waals surface area contributed by atoms with Crippen molar-refractivity contribution in [3.63, 3.8) is 0 Å². The minimum absolute atomic E-state index is 0.0906. The fourth-order valence-corrected chi connectivity index (χ4v) is 2.87. The summed E-state index contributed by atoms with van der Waals surface area (Å²) in [4.78, 5) is 12.7. The van der Waals surface area contributed by atoms with Gasteiger partial charge in [0.15, 0.2) is 18.1 Å². The van der Waals surface area contributed by atoms with E-state index in [1.54, 1.807) is 13.8 Å². The Morgan fingerprint density at radius 2 is 1.79 bits per heavy atom. The van der Waals surface area contributed by atoms with Crippen LogP contribution in [0.4, 0.5) is 0 Å². The number of rotatable bonds is 5. The van der Waals surface area contributed by atoms with Crippen molar-refractivity contribution in [1.82, 2.24) is 10.2 Å². The lowest BCUT2D eigenvalue weighted by Gasteiger charge is -2.25. The van der Waals surface area contributed by atoms with Gasteiger partial charge in [-0.2, -0.15) is 0 Å². The molecule has 0 fully saturated rings. The average molecular weight is 380 g/mol. The number of benzene rings is 2. The van der Waals surface area contributed by atoms with Crippen LogP contribution >= 0.6 is 0 Å². The van der Waals surface area contributed by atoms with Crippen molar-refractivity contribution in [3.8, 4) is 23.0 Å². The number of fused-ring (bicyclic) bond motifs is 1. The summed E-state index contributed by atoms with van der Waals surface area (Å²) in [5, 5.41) is 7.94. The molecule has 0 amide bonds. The summed E-state index contributed by atoms with van der Waals surface area (Å²) >= 11 is 0. The maximum Gasteiger partial charge on any atom is 0.316 e. The van der Waals surface area contributed by atoms with Crippen LogP contribution in [-0.2, 0) is 21.6 Å². The van der Waals surface area contributed by atoms with Gasteiger partial charge in [0.2, 0.25) is 5.89 Å². The summed E-state index contributed by atoms with van der Waals surface area (Å²) in [7, 11) is 0. The van der Waals surface area contributed by atoms with Crippen molar-refractivity contribution in [2.24, 2.45) is 0 Å². The summed E-state index contributed by atoms with van der Waals surface area (Å²) in [5.74, 6) is 1.54. The number of carbonyl (C=O) groups is 1. The minimum atomic E-state index is -0.877. The van der Waals surface area contributed by atoms with Crippen molar-refractivity contribution >= 4 is 5.97 Å². The second-order valence-electron chi connectivity index (χ2n) is 6.93. The zero-order valence-corrected chi connectivity index (χ0v) is 15.7. The summed E-state index contributed by atoms with van der Waals surface area (Å²) in [6.45, 7) is 4.51. The molecule has 0 aliphatic carbocycles. The normalized spacial score (nSPS) is 13.2. The number of nitrogens with zero attached hydrogens (tertiary/aromatic N) is 2. The smallest absolute Gasteiger partial charge is 0.316 e. The molecule has 0 N–H and O–H groups in total. The molecule has 0 saturated carbocycles. The van der Waals surface area contributed by atoms with E-state index >= 15 is 0 Å². The van der Waals surface area contributed by atoms with Crippen molar-refractivity contribution in [2.45, 2.75) is 25.9 Å². The third-order valence-corrected chi connectivity index (χ3v) is 4.59. The molecular formula is C21H20N2O5. The van der Waals surface area contributed by atoms with Crippen LogP contribution < -0.4 is 9.47 Å². The van der Waals surface area contributed by atoms with Gasteiger partial charge < -0.3 is 18.6 Å². The van der Waals surface area contributed by atoms with E-state index < -0.39 is 11.4 Å². The van der Waals surface area contributed by atoms with Crippen LogP contribution in [0, 0.1) is 0 Å². The molecule has 4 rings (SSSR count). The molecule has 1 aromatic heterocycles. The van der Waals surface area contributed by atoms with Crippen LogP contribution in [0.5, 0.6) is 11.5 Å². The lowest BCUT2D eigenvalue weighted by Crippen LogP contribution is -2.31. The van der Waals surface area contributed by atoms with Crippen molar-refractivity contribution in [1.29, 1.82) is 0 Å². The molecule has 0 spiro atoms. The number of hydrogen-bond acceptors (Lipinski definition) is 7. The van der Waals surface area contributed by atoms with Gasteiger partial charge in [0.05, 0.1) is 5.41 Å². The Hall–Kier alpha value is -3.35. The predicted molar refractivity (Wildman–Crippen MR) is 100.0 cm³/mol. The molecule has 2 aromatic carbocycles. The van der Waals surface area contributed by atoms with Crippen LogP contribution in [0.3, 0.4) is 0 Å². The first kappa shape index (κ1) is 18.0. The first-order valence-corrected chi connectivity index (χ1v) is 8.99. The standard InChI is InChI=1S/C21H20N2O5/c1-21(2,15-8-9-16-17(12-15)26-11-10-25-16)20(24)27-13-18-22-23-19(28-18)14-6-4-3-5-7-14/h3-9,12H,10-11,13H2,1-2H3. The first-order valence-electron chi connectivity index (χ1n) is 8.99. The van der Waals surface area contributed by atoms with Crippen molar-refractivity contribution in [3.05, 3.63) is 60.0 Å². The highest BCUT2D eigenvalue weighted by Crippen LogP contribution is 2.35. The number of esters is 1. The number of aromatic nitrogens is 2. The largest absolute Gasteiger partial charge is 0.486 e. The zero-order valence-electron chi connectivity index (χ0n) is 15.7. The lowest BCUT2D eigenvalue weighted by molar-refractivity contribution is -0.151. The Morgan fingerprint density at radius 1 is 1.04 bits per heavy atom. The number of ether oxygens (including phenoxy) is 3. The van der Waals surface area contributed by atoms with E-state index in [0.717, 1.165) is 11.1 Å². The topological polar surface area (TPSA) is 83.7 Å². The van der Waals surface area contributed by atoms with E-state index in [0.29, 0.717) is 30.6 Å². The van der Waals surface area contributed by atoms with Crippen LogP contribution in [0.2, 0.25) is 0 Å². The monoisotopic (exact) mass is 380 g/mol. The molecular weight excluding hydrogens is 360 g/mol. The van der Waals surface area contributed by atoms with E-state index in [2.05, 4.69) is 10.2 Å². The highest BCUT2D eigenvalue weighted by Gasteiger charge is 2.33. The molecule has 7 nitrogen and oxygen atoms in total. The van der Waals surface area contributed by atoms with Gasteiger partial charge in [-0.25, -0.2) is 0 Å². The molecule has 28 heavy (non-hydrogen) atoms. The fourth-order valence-electron chi connectivity index (χ4n) is 2.87. The predicted octanol–water partition coefficient (Wildman–Crippen LogP) is 3.53. The van der Waals surface area contributed by atoms with Gasteiger partial charge in [-0.15, -0.1) is 10.2 Å². The maximum atomic E-state index is 12.7. The molecule has 7 heteroatoms. The molecule has 144 valence electrons. The lowest BCUT2D eigenvalue weighted by atomic mass is 9.84. The summed E-state index contributed by atoms with van der Waals surface area (Å²) in [5.41, 5.74) is 0.708. The second-order valence-corrected chi connectivity index (χ2v) is 6.93. The molecule has 0 radical (unpaired) electrons. The van der Waals surface area contributed by atoms with E-state index in [1.807, 2.05) is 48.5 Å². The van der Waals surface area contributed by atoms with E-state index in [1.165, 1.54) is 0 Å². The number of carbonyl (C=O) groups excluding carboxylic acids is 1. The van der Waals surface area contributed by atoms with E-state index in [9.17, 15) is 4.79 Å². The van der Waals surface area contributed by atoms with Crippen molar-refractivity contribution < 1.29 is 23.4 Å². The summed E-state index contributed by atoms with van der Waals surface area (Å²) in [6.07, 6.45) is 0. The van der Waals surface area contributed by atoms with Gasteiger partial charge in [0.25, 0.3) is 5.89 Å². The van der Waals surface area contributed by atoms with Crippen molar-refractivity contribution in [2.75, 3.05) is 13.2 Å². The van der Waals surface area contributed by atoms with Crippen LogP contribution in [0.1, 0.15) is 25.3 Å². The Labute approximate surface area is 162 Å². The molecule has 2 heterocycles. The highest BCUT2D eigenvalue weighted by atomic mass is 16.6. The molecule has 0 atom stereocenters. The van der Waals surface area contributed by atoms with E-state index in [-0.39, 0.29) is 12.5 Å². The quantitative estimate of drug-likeness (QED) is 0.626. The second kappa shape index (κ2) is 7.34. The van der Waals surface area contributed by atoms with Crippen LogP contribution in [-0.4, -0.2) is 29.4 Å². The summed E-state index contributed by atoms with van der Waals surface area (Å²) < 4.78 is 22.1. The van der Waals surface area contributed by atoms with E-state index in [4.69, 9.17) is 18.6 Å². The SMILES string of the molecule is CC(C)(C(=O)OCc1nnc(-c2ccccc2)o1)c1ccc2c(c1)OCCO2. The van der Waals surface area contributed by atoms with Gasteiger partial charge in [-0.1, -0.05) is 24.3 Å². The van der Waals surface area contributed by atoms with Gasteiger partial charge >= 0.3 is 5.97 Å². The van der Waals surface area contributed by atoms with Crippen LogP contribution in [0.25, 0.3) is 11.5 Å². The zero-order chi connectivity index (χ0) is 19.6. The Kier molecular flexibility index (Phi) is 4.73. The molecule has 3 aromatic rings. The molecule has 0 bridgehead atoms. The average Bonchev–Trinajstić information content (AvgIpc) is 3.21. The Balaban J connectivity index is 1.44. The number of hydrogen-bond donors (Lipinski definition) is 0. The Bertz CT molecular complexity index is 981. The highest BCUT2D eigenvalue weighted by molar-refractivity contribution is 5.82. The third-order valence-electron chi connectivity index (χ3n) is 4.59. The van der Waals surface area contributed by atoms with Gasteiger partial charge in [0, 0.05) is 5.56 Å². The molecule has 0 saturated heterocycles. The van der Waals surface area contributed by atoms with Gasteiger partial charge in [0.1, 0.15) is 13.2 Å². The fraction of sp³-hybridized carbons (Fsp3) is 0.286. The van der Waals surface area contributed by atoms with Gasteiger partial charge in [-0.3, -0.25) is 4.79 Å². The molecule has 0 unspecified atom stereocenters. The first-order chi connectivity index (χ1) is 13.5.